The molecule has 0 unspecified atom stereocenters. The molecule has 0 bridgehead atoms. The third-order valence-electron chi connectivity index (χ3n) is 5.12. The van der Waals surface area contributed by atoms with E-state index in [4.69, 9.17) is 4.52 Å². The number of nitrogens with one attached hydrogen (secondary N) is 1. The van der Waals surface area contributed by atoms with E-state index < -0.39 is 5.91 Å². The Morgan fingerprint density at radius 2 is 1.67 bits per heavy atom. The average Bonchev–Trinajstić information content (AvgIpc) is 3.27. The molecule has 0 atom stereocenters. The zero-order valence-corrected chi connectivity index (χ0v) is 17.5. The summed E-state index contributed by atoms with van der Waals surface area (Å²) in [5.74, 6) is 0.491. The Morgan fingerprint density at radius 1 is 1.03 bits per heavy atom. The molecule has 3 rings (SSSR count). The third kappa shape index (κ3) is 5.68. The Hall–Kier alpha value is -3.16. The van der Waals surface area contributed by atoms with E-state index >= 15 is 0 Å². The van der Waals surface area contributed by atoms with E-state index in [1.165, 1.54) is 0 Å². The number of nitrogens with zero attached hydrogens (tertiary/aromatic N) is 3. The molecule has 1 fully saturated rings. The Balaban J connectivity index is 1.43. The van der Waals surface area contributed by atoms with Crippen molar-refractivity contribution in [3.63, 3.8) is 0 Å². The Labute approximate surface area is 176 Å². The van der Waals surface area contributed by atoms with Crippen molar-refractivity contribution in [2.45, 2.75) is 26.7 Å². The highest BCUT2D eigenvalue weighted by atomic mass is 16.5. The van der Waals surface area contributed by atoms with Crippen molar-refractivity contribution in [1.82, 2.24) is 20.3 Å². The van der Waals surface area contributed by atoms with Crippen LogP contribution in [0.2, 0.25) is 0 Å². The number of aromatic nitrogens is 1. The molecule has 8 nitrogen and oxygen atoms in total. The van der Waals surface area contributed by atoms with Gasteiger partial charge in [0.2, 0.25) is 11.8 Å². The molecule has 1 N–H and O–H groups in total. The van der Waals surface area contributed by atoms with Gasteiger partial charge in [0.05, 0.1) is 6.54 Å². The second-order valence-corrected chi connectivity index (χ2v) is 7.82. The predicted octanol–water partition coefficient (Wildman–Crippen LogP) is 2.18. The Kier molecular flexibility index (Phi) is 7.21. The number of carbonyl (C=O) groups is 3. The van der Waals surface area contributed by atoms with Crippen LogP contribution >= 0.6 is 0 Å². The summed E-state index contributed by atoms with van der Waals surface area (Å²) in [4.78, 5) is 40.4. The molecule has 8 heteroatoms. The van der Waals surface area contributed by atoms with Crippen LogP contribution in [-0.4, -0.2) is 65.4 Å². The first kappa shape index (κ1) is 21.5. The maximum absolute atomic E-state index is 12.4. The fraction of sp³-hybridized carbons (Fsp3) is 0.455. The number of piperazine rings is 1. The molecule has 1 aliphatic rings. The van der Waals surface area contributed by atoms with Crippen LogP contribution < -0.4 is 5.32 Å². The molecule has 2 heterocycles. The number of carbonyl (C=O) groups excluding carboxylic acids is 3. The lowest BCUT2D eigenvalue weighted by Crippen LogP contribution is -2.52. The summed E-state index contributed by atoms with van der Waals surface area (Å²) in [7, 11) is 0. The summed E-state index contributed by atoms with van der Waals surface area (Å²) in [5, 5.41) is 6.38. The first-order chi connectivity index (χ1) is 14.4. The second kappa shape index (κ2) is 10.0. The lowest BCUT2D eigenvalue weighted by atomic mass is 10.1. The normalized spacial score (nSPS) is 14.1. The summed E-state index contributed by atoms with van der Waals surface area (Å²) in [6.07, 6.45) is 1.42. The van der Waals surface area contributed by atoms with Gasteiger partial charge in [0.15, 0.2) is 11.5 Å². The average molecular weight is 412 g/mol. The molecule has 0 spiro atoms. The maximum atomic E-state index is 12.4. The van der Waals surface area contributed by atoms with Gasteiger partial charge in [-0.1, -0.05) is 49.3 Å². The van der Waals surface area contributed by atoms with Crippen LogP contribution in [0.3, 0.4) is 0 Å². The molecule has 0 radical (unpaired) electrons. The molecule has 0 saturated carbocycles. The van der Waals surface area contributed by atoms with Gasteiger partial charge in [-0.3, -0.25) is 14.4 Å². The van der Waals surface area contributed by atoms with E-state index in [0.29, 0.717) is 44.3 Å². The van der Waals surface area contributed by atoms with E-state index in [1.807, 2.05) is 35.2 Å². The van der Waals surface area contributed by atoms with Crippen LogP contribution in [0, 0.1) is 5.92 Å². The topological polar surface area (TPSA) is 95.8 Å². The van der Waals surface area contributed by atoms with E-state index in [0.717, 1.165) is 12.0 Å². The number of benzene rings is 1. The highest BCUT2D eigenvalue weighted by Crippen LogP contribution is 2.19. The van der Waals surface area contributed by atoms with Gasteiger partial charge in [-0.2, -0.15) is 0 Å². The largest absolute Gasteiger partial charge is 0.355 e. The van der Waals surface area contributed by atoms with Gasteiger partial charge >= 0.3 is 0 Å². The minimum absolute atomic E-state index is 0.117. The maximum Gasteiger partial charge on any atom is 0.273 e. The lowest BCUT2D eigenvalue weighted by molar-refractivity contribution is -0.139. The molecule has 2 aromatic rings. The first-order valence-electron chi connectivity index (χ1n) is 10.3. The highest BCUT2D eigenvalue weighted by Gasteiger charge is 2.24. The van der Waals surface area contributed by atoms with Crippen LogP contribution in [-0.2, 0) is 9.59 Å². The van der Waals surface area contributed by atoms with Crippen molar-refractivity contribution in [3.8, 4) is 11.3 Å². The minimum atomic E-state index is -0.461. The molecule has 160 valence electrons. The van der Waals surface area contributed by atoms with Crippen LogP contribution in [0.4, 0.5) is 0 Å². The fourth-order valence-corrected chi connectivity index (χ4v) is 3.25. The number of amides is 3. The number of hydrogen-bond acceptors (Lipinski definition) is 5. The summed E-state index contributed by atoms with van der Waals surface area (Å²) < 4.78 is 5.22. The molecule has 1 saturated heterocycles. The molecule has 1 aromatic heterocycles. The van der Waals surface area contributed by atoms with Gasteiger partial charge in [-0.25, -0.2) is 0 Å². The molecule has 3 amide bonds. The first-order valence-corrected chi connectivity index (χ1v) is 10.3. The van der Waals surface area contributed by atoms with E-state index in [2.05, 4.69) is 24.3 Å². The lowest BCUT2D eigenvalue weighted by Gasteiger charge is -2.35. The van der Waals surface area contributed by atoms with E-state index in [1.54, 1.807) is 11.0 Å². The van der Waals surface area contributed by atoms with Gasteiger partial charge in [-0.05, 0) is 12.3 Å². The molecule has 1 aromatic carbocycles. The van der Waals surface area contributed by atoms with Crippen molar-refractivity contribution >= 4 is 17.7 Å². The molecule has 30 heavy (non-hydrogen) atoms. The van der Waals surface area contributed by atoms with Crippen molar-refractivity contribution in [2.24, 2.45) is 5.92 Å². The third-order valence-corrected chi connectivity index (χ3v) is 5.12. The van der Waals surface area contributed by atoms with Crippen molar-refractivity contribution in [1.29, 1.82) is 0 Å². The van der Waals surface area contributed by atoms with Crippen LogP contribution in [0.15, 0.2) is 40.9 Å². The van der Waals surface area contributed by atoms with Crippen LogP contribution in [0.1, 0.15) is 37.2 Å². The van der Waals surface area contributed by atoms with Gasteiger partial charge in [-0.15, -0.1) is 0 Å². The molecular formula is C22H28N4O4. The van der Waals surface area contributed by atoms with Crippen molar-refractivity contribution < 1.29 is 18.9 Å². The van der Waals surface area contributed by atoms with E-state index in [9.17, 15) is 14.4 Å². The summed E-state index contributed by atoms with van der Waals surface area (Å²) in [5.41, 5.74) is 0.947. The second-order valence-electron chi connectivity index (χ2n) is 7.82. The molecule has 0 aliphatic carbocycles. The predicted molar refractivity (Wildman–Crippen MR) is 112 cm³/mol. The SMILES string of the molecule is CC(C)CCC(=O)N1CCN(C(=O)CNC(=O)c2cc(-c3ccccc3)on2)CC1. The number of hydrogen-bond donors (Lipinski definition) is 1. The molecular weight excluding hydrogens is 384 g/mol. The van der Waals surface area contributed by atoms with Gasteiger partial charge in [0.1, 0.15) is 0 Å². The van der Waals surface area contributed by atoms with Gasteiger partial charge in [0.25, 0.3) is 5.91 Å². The Morgan fingerprint density at radius 3 is 2.30 bits per heavy atom. The highest BCUT2D eigenvalue weighted by molar-refractivity contribution is 5.95. The monoisotopic (exact) mass is 412 g/mol. The van der Waals surface area contributed by atoms with Gasteiger partial charge < -0.3 is 19.6 Å². The van der Waals surface area contributed by atoms with Crippen molar-refractivity contribution in [3.05, 3.63) is 42.1 Å². The van der Waals surface area contributed by atoms with E-state index in [-0.39, 0.29) is 24.1 Å². The van der Waals surface area contributed by atoms with Crippen LogP contribution in [0.5, 0.6) is 0 Å². The smallest absolute Gasteiger partial charge is 0.273 e. The number of rotatable bonds is 7. The Bertz CT molecular complexity index is 870. The van der Waals surface area contributed by atoms with Crippen LogP contribution in [0.25, 0.3) is 11.3 Å². The summed E-state index contributed by atoms with van der Waals surface area (Å²) in [6, 6.07) is 10.9. The summed E-state index contributed by atoms with van der Waals surface area (Å²) in [6.45, 7) is 6.09. The minimum Gasteiger partial charge on any atom is -0.355 e. The zero-order chi connectivity index (χ0) is 21.5. The zero-order valence-electron chi connectivity index (χ0n) is 17.5. The van der Waals surface area contributed by atoms with Gasteiger partial charge in [0, 0.05) is 44.2 Å². The van der Waals surface area contributed by atoms with Crippen molar-refractivity contribution in [2.75, 3.05) is 32.7 Å². The fourth-order valence-electron chi connectivity index (χ4n) is 3.25. The quantitative estimate of drug-likeness (QED) is 0.752. The molecule has 1 aliphatic heterocycles. The standard InChI is InChI=1S/C22H28N4O4/c1-16(2)8-9-20(27)25-10-12-26(13-11-25)21(28)15-23-22(29)18-14-19(30-24-18)17-6-4-3-5-7-17/h3-7,14,16H,8-13,15H2,1-2H3,(H,23,29). The summed E-state index contributed by atoms with van der Waals surface area (Å²) >= 11 is 0.